The van der Waals surface area contributed by atoms with Gasteiger partial charge in [0.25, 0.3) is 5.91 Å². The van der Waals surface area contributed by atoms with Crippen molar-refractivity contribution in [3.63, 3.8) is 0 Å². The van der Waals surface area contributed by atoms with Crippen LogP contribution in [0.5, 0.6) is 5.75 Å². The highest BCUT2D eigenvalue weighted by molar-refractivity contribution is 6.09. The van der Waals surface area contributed by atoms with Gasteiger partial charge in [-0.1, -0.05) is 36.4 Å². The van der Waals surface area contributed by atoms with Gasteiger partial charge in [0, 0.05) is 6.54 Å². The minimum Gasteiger partial charge on any atom is -0.497 e. The summed E-state index contributed by atoms with van der Waals surface area (Å²) in [5.41, 5.74) is 1.75. The van der Waals surface area contributed by atoms with Crippen LogP contribution in [0, 0.1) is 0 Å². The Morgan fingerprint density at radius 3 is 2.69 bits per heavy atom. The first-order chi connectivity index (χ1) is 14.0. The number of imide groups is 1. The number of urea groups is 1. The molecule has 2 aromatic carbocycles. The molecule has 1 fully saturated rings. The minimum atomic E-state index is -1.05. The van der Waals surface area contributed by atoms with Crippen molar-refractivity contribution >= 4 is 17.8 Å². The van der Waals surface area contributed by atoms with Crippen molar-refractivity contribution in [1.29, 1.82) is 0 Å². The molecule has 150 valence electrons. The molecule has 0 aromatic heterocycles. The van der Waals surface area contributed by atoms with E-state index in [4.69, 9.17) is 4.74 Å². The Morgan fingerprint density at radius 1 is 1.17 bits per heavy atom. The second kappa shape index (κ2) is 7.58. The largest absolute Gasteiger partial charge is 0.497 e. The zero-order valence-corrected chi connectivity index (χ0v) is 16.2. The molecule has 2 aromatic rings. The van der Waals surface area contributed by atoms with Gasteiger partial charge in [-0.05, 0) is 48.1 Å². The van der Waals surface area contributed by atoms with E-state index in [0.29, 0.717) is 13.0 Å². The molecular formula is C22H23N3O4. The fourth-order valence-electron chi connectivity index (χ4n) is 4.10. The van der Waals surface area contributed by atoms with E-state index in [1.807, 2.05) is 48.5 Å². The Bertz CT molecular complexity index is 957. The van der Waals surface area contributed by atoms with Crippen molar-refractivity contribution in [3.8, 4) is 5.75 Å². The first kappa shape index (κ1) is 19.0. The van der Waals surface area contributed by atoms with Gasteiger partial charge < -0.3 is 15.4 Å². The lowest BCUT2D eigenvalue weighted by Gasteiger charge is -2.33. The molecule has 2 N–H and O–H groups in total. The van der Waals surface area contributed by atoms with Gasteiger partial charge in [-0.15, -0.1) is 0 Å². The van der Waals surface area contributed by atoms with E-state index in [0.717, 1.165) is 40.2 Å². The number of amides is 4. The predicted molar refractivity (Wildman–Crippen MR) is 106 cm³/mol. The van der Waals surface area contributed by atoms with E-state index >= 15 is 0 Å². The molecule has 0 radical (unpaired) electrons. The number of fused-ring (bicyclic) bond motifs is 2. The number of hydrogen-bond donors (Lipinski definition) is 2. The van der Waals surface area contributed by atoms with Gasteiger partial charge in [-0.2, -0.15) is 0 Å². The molecule has 7 heteroatoms. The lowest BCUT2D eigenvalue weighted by molar-refractivity contribution is -0.135. The van der Waals surface area contributed by atoms with Crippen LogP contribution in [0.1, 0.15) is 29.5 Å². The van der Waals surface area contributed by atoms with E-state index in [1.165, 1.54) is 0 Å². The van der Waals surface area contributed by atoms with Crippen molar-refractivity contribution in [2.24, 2.45) is 0 Å². The third-order valence-electron chi connectivity index (χ3n) is 5.60. The number of carbonyl (C=O) groups excluding carboxylic acids is 3. The summed E-state index contributed by atoms with van der Waals surface area (Å²) in [6, 6.07) is 14.5. The Labute approximate surface area is 169 Å². The summed E-state index contributed by atoms with van der Waals surface area (Å²) in [6.45, 7) is 0.00515. The van der Waals surface area contributed by atoms with Crippen LogP contribution in [-0.2, 0) is 28.1 Å². The average molecular weight is 393 g/mol. The number of aryl methyl sites for hydroxylation is 1. The Kier molecular flexibility index (Phi) is 4.96. The maximum atomic E-state index is 13.2. The number of ether oxygens (including phenoxy) is 1. The minimum absolute atomic E-state index is 0.301. The summed E-state index contributed by atoms with van der Waals surface area (Å²) in [5, 5.41) is 5.62. The first-order valence-corrected chi connectivity index (χ1v) is 9.65. The molecule has 0 bridgehead atoms. The van der Waals surface area contributed by atoms with Crippen molar-refractivity contribution in [1.82, 2.24) is 15.5 Å². The van der Waals surface area contributed by atoms with E-state index in [2.05, 4.69) is 10.6 Å². The molecule has 7 nitrogen and oxygen atoms in total. The zero-order valence-electron chi connectivity index (χ0n) is 16.2. The number of nitrogens with one attached hydrogen (secondary N) is 2. The van der Waals surface area contributed by atoms with Crippen molar-refractivity contribution < 1.29 is 19.1 Å². The quantitative estimate of drug-likeness (QED) is 0.762. The zero-order chi connectivity index (χ0) is 20.4. The lowest BCUT2D eigenvalue weighted by atomic mass is 9.76. The molecule has 4 amide bonds. The van der Waals surface area contributed by atoms with Crippen LogP contribution in [0.15, 0.2) is 48.5 Å². The second-order valence-electron chi connectivity index (χ2n) is 7.36. The van der Waals surface area contributed by atoms with Gasteiger partial charge in [-0.25, -0.2) is 4.79 Å². The molecule has 1 spiro atoms. The van der Waals surface area contributed by atoms with Crippen LogP contribution in [0.25, 0.3) is 0 Å². The number of nitrogens with zero attached hydrogens (tertiary/aromatic N) is 1. The molecular weight excluding hydrogens is 370 g/mol. The smallest absolute Gasteiger partial charge is 0.325 e. The van der Waals surface area contributed by atoms with E-state index in [9.17, 15) is 14.4 Å². The fourth-order valence-corrected chi connectivity index (χ4v) is 4.10. The van der Waals surface area contributed by atoms with Gasteiger partial charge in [-0.3, -0.25) is 14.5 Å². The average Bonchev–Trinajstić information content (AvgIpc) is 2.97. The van der Waals surface area contributed by atoms with E-state index in [1.54, 1.807) is 7.11 Å². The summed E-state index contributed by atoms with van der Waals surface area (Å²) in [6.07, 6.45) is 2.22. The molecule has 1 aliphatic heterocycles. The normalized spacial score (nSPS) is 20.4. The van der Waals surface area contributed by atoms with E-state index in [-0.39, 0.29) is 18.4 Å². The van der Waals surface area contributed by atoms with Gasteiger partial charge in [0.15, 0.2) is 0 Å². The molecule has 1 saturated heterocycles. The van der Waals surface area contributed by atoms with Gasteiger partial charge in [0.2, 0.25) is 5.91 Å². The molecule has 1 atom stereocenters. The fraction of sp³-hybridized carbons (Fsp3) is 0.318. The topological polar surface area (TPSA) is 87.7 Å². The highest BCUT2D eigenvalue weighted by atomic mass is 16.5. The summed E-state index contributed by atoms with van der Waals surface area (Å²) < 4.78 is 5.11. The number of methoxy groups -OCH3 is 1. The molecule has 4 rings (SSSR count). The van der Waals surface area contributed by atoms with Crippen LogP contribution in [0.2, 0.25) is 0 Å². The van der Waals surface area contributed by atoms with Crippen LogP contribution >= 0.6 is 0 Å². The summed E-state index contributed by atoms with van der Waals surface area (Å²) in [4.78, 5) is 39.1. The summed E-state index contributed by atoms with van der Waals surface area (Å²) in [5.74, 6) is -0.00261. The first-order valence-electron chi connectivity index (χ1n) is 9.65. The van der Waals surface area contributed by atoms with Crippen LogP contribution in [0.4, 0.5) is 4.79 Å². The van der Waals surface area contributed by atoms with Gasteiger partial charge in [0.1, 0.15) is 17.8 Å². The maximum absolute atomic E-state index is 13.2. The number of benzene rings is 2. The molecule has 2 aliphatic rings. The van der Waals surface area contributed by atoms with Crippen molar-refractivity contribution in [2.75, 3.05) is 13.7 Å². The number of hydrogen-bond acceptors (Lipinski definition) is 4. The van der Waals surface area contributed by atoms with Crippen molar-refractivity contribution in [2.45, 2.75) is 31.3 Å². The molecule has 0 saturated carbocycles. The predicted octanol–water partition coefficient (Wildman–Crippen LogP) is 2.09. The Balaban J connectivity index is 1.44. The molecule has 1 aliphatic carbocycles. The Morgan fingerprint density at radius 2 is 1.93 bits per heavy atom. The summed E-state index contributed by atoms with van der Waals surface area (Å²) in [7, 11) is 1.59. The monoisotopic (exact) mass is 393 g/mol. The van der Waals surface area contributed by atoms with Gasteiger partial charge >= 0.3 is 6.03 Å². The van der Waals surface area contributed by atoms with Crippen LogP contribution in [-0.4, -0.2) is 36.4 Å². The second-order valence-corrected chi connectivity index (χ2v) is 7.36. The molecule has 0 unspecified atom stereocenters. The summed E-state index contributed by atoms with van der Waals surface area (Å²) >= 11 is 0. The number of carbonyl (C=O) groups is 3. The highest BCUT2D eigenvalue weighted by Crippen LogP contribution is 2.39. The SMILES string of the molecule is COc1ccc(CNC(=O)CN2C(=O)N[C@]3(CCCc4ccccc43)C2=O)cc1. The molecule has 1 heterocycles. The third-order valence-corrected chi connectivity index (χ3v) is 5.60. The van der Waals surface area contributed by atoms with Gasteiger partial charge in [0.05, 0.1) is 7.11 Å². The lowest BCUT2D eigenvalue weighted by Crippen LogP contribution is -2.47. The maximum Gasteiger partial charge on any atom is 0.325 e. The van der Waals surface area contributed by atoms with E-state index < -0.39 is 11.6 Å². The van der Waals surface area contributed by atoms with Crippen molar-refractivity contribution in [3.05, 3.63) is 65.2 Å². The molecule has 29 heavy (non-hydrogen) atoms. The standard InChI is InChI=1S/C22H23N3O4/c1-29-17-10-8-15(9-11-17)13-23-19(26)14-25-20(27)22(24-21(25)28)12-4-6-16-5-2-3-7-18(16)22/h2-3,5,7-11H,4,6,12-14H2,1H3,(H,23,26)(H,24,28)/t22-/m0/s1. The highest BCUT2D eigenvalue weighted by Gasteiger charge is 2.54. The third kappa shape index (κ3) is 3.44. The number of rotatable bonds is 5. The van der Waals surface area contributed by atoms with Crippen LogP contribution < -0.4 is 15.4 Å². The van der Waals surface area contributed by atoms with Crippen LogP contribution in [0.3, 0.4) is 0 Å². The Hall–Kier alpha value is -3.35.